The third kappa shape index (κ3) is 51.3. The summed E-state index contributed by atoms with van der Waals surface area (Å²) in [4.78, 5) is 38.0. The van der Waals surface area contributed by atoms with E-state index in [2.05, 4.69) is 41.5 Å². The van der Waals surface area contributed by atoms with Gasteiger partial charge in [-0.15, -0.1) is 0 Å². The number of esters is 3. The van der Waals surface area contributed by atoms with E-state index in [1.165, 1.54) is 193 Å². The number of hydrogen-bond donors (Lipinski definition) is 0. The van der Waals surface area contributed by atoms with Crippen LogP contribution in [0.15, 0.2) is 0 Å². The highest BCUT2D eigenvalue weighted by Crippen LogP contribution is 2.18. The van der Waals surface area contributed by atoms with Crippen LogP contribution in [0, 0.1) is 17.8 Å². The highest BCUT2D eigenvalue weighted by Gasteiger charge is 2.19. The summed E-state index contributed by atoms with van der Waals surface area (Å²) in [6, 6.07) is 0. The molecule has 0 spiro atoms. The molecule has 0 fully saturated rings. The average molecular weight is 892 g/mol. The largest absolute Gasteiger partial charge is 0.462 e. The molecule has 0 aromatic heterocycles. The Balaban J connectivity index is 4.23. The molecule has 0 unspecified atom stereocenters. The molecule has 0 amide bonds. The fraction of sp³-hybridized carbons (Fsp3) is 0.947. The van der Waals surface area contributed by atoms with E-state index in [-0.39, 0.29) is 31.1 Å². The van der Waals surface area contributed by atoms with E-state index in [1.54, 1.807) is 0 Å². The van der Waals surface area contributed by atoms with Gasteiger partial charge in [-0.05, 0) is 37.0 Å². The lowest BCUT2D eigenvalue weighted by molar-refractivity contribution is -0.167. The average Bonchev–Trinajstić information content (AvgIpc) is 3.24. The third-order valence-corrected chi connectivity index (χ3v) is 12.9. The van der Waals surface area contributed by atoms with Crippen LogP contribution in [0.1, 0.15) is 311 Å². The van der Waals surface area contributed by atoms with Gasteiger partial charge in [0.15, 0.2) is 6.10 Å². The van der Waals surface area contributed by atoms with E-state index < -0.39 is 6.10 Å². The highest BCUT2D eigenvalue weighted by molar-refractivity contribution is 5.71. The summed E-state index contributed by atoms with van der Waals surface area (Å²) in [6.07, 6.45) is 49.6. The monoisotopic (exact) mass is 891 g/mol. The molecule has 0 heterocycles. The van der Waals surface area contributed by atoms with Crippen molar-refractivity contribution >= 4 is 17.9 Å². The second kappa shape index (κ2) is 48.3. The van der Waals surface area contributed by atoms with Gasteiger partial charge in [0.2, 0.25) is 0 Å². The number of ether oxygens (including phenoxy) is 3. The summed E-state index contributed by atoms with van der Waals surface area (Å²) in [5.74, 6) is 1.62. The van der Waals surface area contributed by atoms with Gasteiger partial charge in [-0.3, -0.25) is 14.4 Å². The Kier molecular flexibility index (Phi) is 47.1. The summed E-state index contributed by atoms with van der Waals surface area (Å²) in [7, 11) is 0. The fourth-order valence-electron chi connectivity index (χ4n) is 8.65. The van der Waals surface area contributed by atoms with E-state index >= 15 is 0 Å². The van der Waals surface area contributed by atoms with Crippen LogP contribution in [0.3, 0.4) is 0 Å². The molecular weight excluding hydrogens is 781 g/mol. The predicted octanol–water partition coefficient (Wildman–Crippen LogP) is 18.3. The molecule has 0 aromatic carbocycles. The van der Waals surface area contributed by atoms with Crippen LogP contribution in [0.5, 0.6) is 0 Å². The van der Waals surface area contributed by atoms with E-state index in [4.69, 9.17) is 14.2 Å². The van der Waals surface area contributed by atoms with Crippen molar-refractivity contribution in [3.63, 3.8) is 0 Å². The molecule has 63 heavy (non-hydrogen) atoms. The maximum absolute atomic E-state index is 12.8. The molecule has 6 nitrogen and oxygen atoms in total. The van der Waals surface area contributed by atoms with Crippen molar-refractivity contribution in [1.82, 2.24) is 0 Å². The number of rotatable bonds is 50. The molecule has 0 saturated heterocycles. The lowest BCUT2D eigenvalue weighted by Gasteiger charge is -2.18. The zero-order valence-electron chi connectivity index (χ0n) is 43.4. The Labute approximate surface area is 393 Å². The van der Waals surface area contributed by atoms with E-state index in [1.807, 2.05) is 0 Å². The van der Waals surface area contributed by atoms with E-state index in [9.17, 15) is 14.4 Å². The summed E-state index contributed by atoms with van der Waals surface area (Å²) in [6.45, 7) is 13.7. The lowest BCUT2D eigenvalue weighted by atomic mass is 10.0. The van der Waals surface area contributed by atoms with Gasteiger partial charge in [-0.25, -0.2) is 0 Å². The van der Waals surface area contributed by atoms with Crippen molar-refractivity contribution < 1.29 is 28.6 Å². The van der Waals surface area contributed by atoms with Gasteiger partial charge in [-0.2, -0.15) is 0 Å². The van der Waals surface area contributed by atoms with Crippen LogP contribution in [-0.2, 0) is 28.6 Å². The van der Waals surface area contributed by atoms with E-state index in [0.717, 1.165) is 75.5 Å². The molecular formula is C57H110O6. The smallest absolute Gasteiger partial charge is 0.306 e. The Morgan fingerprint density at radius 2 is 0.460 bits per heavy atom. The molecule has 0 aliphatic rings. The third-order valence-electron chi connectivity index (χ3n) is 12.9. The summed E-state index contributed by atoms with van der Waals surface area (Å²) in [5, 5.41) is 0. The van der Waals surface area contributed by atoms with Gasteiger partial charge in [0.25, 0.3) is 0 Å². The normalized spacial score (nSPS) is 12.1. The van der Waals surface area contributed by atoms with Gasteiger partial charge < -0.3 is 14.2 Å². The molecule has 0 rings (SSSR count). The van der Waals surface area contributed by atoms with E-state index in [0.29, 0.717) is 19.3 Å². The molecule has 0 aromatic rings. The van der Waals surface area contributed by atoms with Crippen molar-refractivity contribution in [2.45, 2.75) is 317 Å². The van der Waals surface area contributed by atoms with Crippen LogP contribution < -0.4 is 0 Å². The minimum atomic E-state index is -0.763. The van der Waals surface area contributed by atoms with Crippen molar-refractivity contribution in [3.8, 4) is 0 Å². The predicted molar refractivity (Wildman–Crippen MR) is 270 cm³/mol. The molecule has 0 aliphatic carbocycles. The van der Waals surface area contributed by atoms with Gasteiger partial charge >= 0.3 is 17.9 Å². The van der Waals surface area contributed by atoms with Gasteiger partial charge in [0.1, 0.15) is 13.2 Å². The summed E-state index contributed by atoms with van der Waals surface area (Å²) < 4.78 is 16.8. The van der Waals surface area contributed by atoms with Crippen LogP contribution >= 0.6 is 0 Å². The van der Waals surface area contributed by atoms with Gasteiger partial charge in [0.05, 0.1) is 0 Å². The van der Waals surface area contributed by atoms with Gasteiger partial charge in [0, 0.05) is 19.3 Å². The molecule has 0 radical (unpaired) electrons. The molecule has 0 aliphatic heterocycles. The first kappa shape index (κ1) is 61.4. The number of carbonyl (C=O) groups is 3. The van der Waals surface area contributed by atoms with Crippen molar-refractivity contribution in [2.75, 3.05) is 13.2 Å². The van der Waals surface area contributed by atoms with Crippen molar-refractivity contribution in [2.24, 2.45) is 17.8 Å². The maximum Gasteiger partial charge on any atom is 0.306 e. The molecule has 374 valence electrons. The minimum Gasteiger partial charge on any atom is -0.462 e. The van der Waals surface area contributed by atoms with Crippen LogP contribution in [0.4, 0.5) is 0 Å². The van der Waals surface area contributed by atoms with Crippen molar-refractivity contribution in [1.29, 1.82) is 0 Å². The zero-order valence-corrected chi connectivity index (χ0v) is 43.4. The zero-order chi connectivity index (χ0) is 46.3. The Morgan fingerprint density at radius 3 is 0.683 bits per heavy atom. The topological polar surface area (TPSA) is 78.9 Å². The number of carbonyl (C=O) groups excluding carboxylic acids is 3. The number of unbranched alkanes of at least 4 members (excludes halogenated alkanes) is 33. The first-order valence-electron chi connectivity index (χ1n) is 28.1. The summed E-state index contributed by atoms with van der Waals surface area (Å²) >= 11 is 0. The molecule has 0 bridgehead atoms. The quantitative estimate of drug-likeness (QED) is 0.0344. The Bertz CT molecular complexity index is 976. The number of hydrogen-bond acceptors (Lipinski definition) is 6. The second-order valence-electron chi connectivity index (χ2n) is 21.0. The lowest BCUT2D eigenvalue weighted by Crippen LogP contribution is -2.30. The van der Waals surface area contributed by atoms with Crippen LogP contribution in [0.25, 0.3) is 0 Å². The summed E-state index contributed by atoms with van der Waals surface area (Å²) in [5.41, 5.74) is 0. The molecule has 0 N–H and O–H groups in total. The van der Waals surface area contributed by atoms with Gasteiger partial charge in [-0.1, -0.05) is 273 Å². The fourth-order valence-corrected chi connectivity index (χ4v) is 8.65. The van der Waals surface area contributed by atoms with Crippen LogP contribution in [0.2, 0.25) is 0 Å². The molecule has 0 saturated carbocycles. The Morgan fingerprint density at radius 1 is 0.270 bits per heavy atom. The minimum absolute atomic E-state index is 0.0645. The first-order valence-corrected chi connectivity index (χ1v) is 28.1. The van der Waals surface area contributed by atoms with Crippen molar-refractivity contribution in [3.05, 3.63) is 0 Å². The molecule has 6 heteroatoms. The first-order chi connectivity index (χ1) is 30.6. The van der Waals surface area contributed by atoms with Crippen LogP contribution in [-0.4, -0.2) is 37.2 Å². The Hall–Kier alpha value is -1.59. The maximum atomic E-state index is 12.8. The standard InChI is InChI=1S/C57H110O6/c1-51(2)43-37-31-25-20-16-12-8-7-9-14-18-22-28-34-40-46-55(58)61-49-54(63-57(60)48-42-36-30-24-27-33-39-45-53(5)6)50-62-56(59)47-41-35-29-23-19-15-11-10-13-17-21-26-32-38-44-52(3)4/h51-54H,7-50H2,1-6H3/t54-/m0/s1. The molecule has 1 atom stereocenters. The SMILES string of the molecule is CC(C)CCCCCCCCCCCCCCCCCC(=O)OC[C@@H](COC(=O)CCCCCCCCCCCCCCCCC(C)C)OC(=O)CCCCCCCCCC(C)C. The second-order valence-corrected chi connectivity index (χ2v) is 21.0. The highest BCUT2D eigenvalue weighted by atomic mass is 16.6.